The van der Waals surface area contributed by atoms with E-state index >= 15 is 0 Å². The van der Waals surface area contributed by atoms with Gasteiger partial charge in [-0.2, -0.15) is 6.21 Å². The Hall–Kier alpha value is -3.82. The van der Waals surface area contributed by atoms with Crippen molar-refractivity contribution in [2.45, 2.75) is 31.9 Å². The number of benzene rings is 2. The van der Waals surface area contributed by atoms with E-state index in [1.165, 1.54) is 0 Å². The Kier molecular flexibility index (Phi) is 8.51. The summed E-state index contributed by atoms with van der Waals surface area (Å²) in [4.78, 5) is 14.0. The van der Waals surface area contributed by atoms with Gasteiger partial charge < -0.3 is 40.5 Å². The van der Waals surface area contributed by atoms with E-state index in [0.717, 1.165) is 28.8 Å². The summed E-state index contributed by atoms with van der Waals surface area (Å²) in [6.45, 7) is 3.91. The fraction of sp³-hybridized carbons (Fsp3) is 0.308. The predicted octanol–water partition coefficient (Wildman–Crippen LogP) is 3.52. The molecular weight excluding hydrogens is 450 g/mol. The van der Waals surface area contributed by atoms with Crippen molar-refractivity contribution in [3.8, 4) is 11.5 Å². The molecule has 0 unspecified atom stereocenters. The summed E-state index contributed by atoms with van der Waals surface area (Å²) in [5, 5.41) is 42.5. The summed E-state index contributed by atoms with van der Waals surface area (Å²) in [6.07, 6.45) is 3.60. The Balaban J connectivity index is 1.58. The van der Waals surface area contributed by atoms with E-state index < -0.39 is 18.7 Å². The van der Waals surface area contributed by atoms with Gasteiger partial charge in [-0.25, -0.2) is 4.79 Å². The molecule has 1 aromatic heterocycles. The van der Waals surface area contributed by atoms with E-state index in [9.17, 15) is 15.0 Å². The highest BCUT2D eigenvalue weighted by Gasteiger charge is 2.22. The molecule has 1 heterocycles. The number of aliphatic carboxylic acids is 1. The van der Waals surface area contributed by atoms with Gasteiger partial charge >= 0.3 is 5.97 Å². The molecule has 9 heteroatoms. The number of hydrogen-bond acceptors (Lipinski definition) is 6. The number of allylic oxidation sites excluding steroid dienone is 1. The number of carboxylic acids is 1. The number of hydrogen-bond donors (Lipinski definition) is 5. The number of para-hydroxylation sites is 2. The molecule has 186 valence electrons. The summed E-state index contributed by atoms with van der Waals surface area (Å²) in [6, 6.07) is 12.3. The molecule has 3 aromatic rings. The van der Waals surface area contributed by atoms with Crippen LogP contribution in [0.2, 0.25) is 0 Å². The molecule has 35 heavy (non-hydrogen) atoms. The minimum atomic E-state index is -1.04. The number of carboxylic acid groups (broad SMARTS) is 1. The molecule has 0 saturated carbocycles. The molecule has 9 nitrogen and oxygen atoms in total. The number of fused-ring (bicyclic) bond motifs is 1. The summed E-state index contributed by atoms with van der Waals surface area (Å²) < 4.78 is 11.1. The molecule has 0 aliphatic carbocycles. The number of nitrogens with one attached hydrogen (secondary N) is 2. The number of ether oxygens (including phenoxy) is 2. The fourth-order valence-corrected chi connectivity index (χ4v) is 3.73. The van der Waals surface area contributed by atoms with Crippen LogP contribution in [0.1, 0.15) is 25.0 Å². The first-order chi connectivity index (χ1) is 16.7. The highest BCUT2D eigenvalue weighted by molar-refractivity contribution is 5.88. The molecule has 0 aliphatic heterocycles. The monoisotopic (exact) mass is 480 g/mol. The molecule has 0 spiro atoms. The topological polar surface area (TPSA) is 146 Å². The Morgan fingerprint density at radius 1 is 1.14 bits per heavy atom. The van der Waals surface area contributed by atoms with Crippen molar-refractivity contribution in [2.75, 3.05) is 19.8 Å². The Morgan fingerprint density at radius 3 is 2.63 bits per heavy atom. The number of H-pyrrole nitrogens is 1. The van der Waals surface area contributed by atoms with E-state index in [1.807, 2.05) is 32.2 Å². The molecule has 0 bridgehead atoms. The van der Waals surface area contributed by atoms with E-state index in [-0.39, 0.29) is 24.4 Å². The van der Waals surface area contributed by atoms with Crippen LogP contribution in [0, 0.1) is 0 Å². The van der Waals surface area contributed by atoms with Crippen molar-refractivity contribution in [2.24, 2.45) is 0 Å². The minimum absolute atomic E-state index is 0.00751. The number of rotatable bonds is 13. The van der Waals surface area contributed by atoms with Crippen LogP contribution in [0.3, 0.4) is 0 Å². The van der Waals surface area contributed by atoms with E-state index in [2.05, 4.69) is 10.3 Å². The number of carbonyl (C=O) groups is 1. The third kappa shape index (κ3) is 7.08. The van der Waals surface area contributed by atoms with Crippen LogP contribution in [0.4, 0.5) is 0 Å². The number of aromatic amines is 1. The maximum absolute atomic E-state index is 10.8. The minimum Gasteiger partial charge on any atom is -0.811 e. The van der Waals surface area contributed by atoms with Gasteiger partial charge in [0.15, 0.2) is 6.61 Å². The standard InChI is InChI=1S/C26H30N3O6/c1-26(2,12-17-13-28-25-19(17)7-5-9-23(25)35-16-24(32)33)29-14-18(30)15-34-22-8-4-3-6-20(22)21(31)10-11-27/h3-11,13,18,28-31H,12,14-16H2,1-2H3,(H,32,33)/q-1/b21-10-/t18-/m0/s1. The Bertz CT molecular complexity index is 1200. The quantitative estimate of drug-likeness (QED) is 0.186. The van der Waals surface area contributed by atoms with Crippen LogP contribution in [0.5, 0.6) is 11.5 Å². The molecule has 0 amide bonds. The van der Waals surface area contributed by atoms with Gasteiger partial charge in [-0.05, 0) is 50.1 Å². The highest BCUT2D eigenvalue weighted by atomic mass is 16.5. The molecule has 0 aliphatic rings. The molecule has 2 aromatic carbocycles. The lowest BCUT2D eigenvalue weighted by Crippen LogP contribution is -2.46. The number of aromatic nitrogens is 1. The first kappa shape index (κ1) is 25.8. The average Bonchev–Trinajstić information content (AvgIpc) is 3.23. The molecule has 0 fully saturated rings. The lowest BCUT2D eigenvalue weighted by molar-refractivity contribution is -0.139. The van der Waals surface area contributed by atoms with Crippen molar-refractivity contribution in [1.82, 2.24) is 10.3 Å². The van der Waals surface area contributed by atoms with Crippen LogP contribution in [0.25, 0.3) is 22.1 Å². The molecule has 3 rings (SSSR count). The lowest BCUT2D eigenvalue weighted by Gasteiger charge is -2.28. The van der Waals surface area contributed by atoms with E-state index in [0.29, 0.717) is 23.5 Å². The van der Waals surface area contributed by atoms with Gasteiger partial charge in [-0.3, -0.25) is 0 Å². The van der Waals surface area contributed by atoms with Crippen molar-refractivity contribution in [3.05, 3.63) is 71.3 Å². The van der Waals surface area contributed by atoms with Crippen LogP contribution >= 0.6 is 0 Å². The van der Waals surface area contributed by atoms with Gasteiger partial charge in [0.05, 0.1) is 11.1 Å². The fourth-order valence-electron chi connectivity index (χ4n) is 3.73. The third-order valence-electron chi connectivity index (χ3n) is 5.39. The summed E-state index contributed by atoms with van der Waals surface area (Å²) in [5.41, 5.74) is 1.80. The zero-order valence-electron chi connectivity index (χ0n) is 19.7. The van der Waals surface area contributed by atoms with Gasteiger partial charge in [0.1, 0.15) is 30.0 Å². The van der Waals surface area contributed by atoms with Gasteiger partial charge in [-0.1, -0.05) is 24.3 Å². The normalized spacial score (nSPS) is 12.9. The molecular formula is C26H30N3O6-. The summed E-state index contributed by atoms with van der Waals surface area (Å²) in [5.74, 6) is -0.317. The average molecular weight is 481 g/mol. The summed E-state index contributed by atoms with van der Waals surface area (Å²) >= 11 is 0. The first-order valence-corrected chi connectivity index (χ1v) is 11.2. The van der Waals surface area contributed by atoms with Crippen molar-refractivity contribution in [1.29, 1.82) is 0 Å². The van der Waals surface area contributed by atoms with Gasteiger partial charge in [0, 0.05) is 23.7 Å². The molecule has 0 saturated heterocycles. The highest BCUT2D eigenvalue weighted by Crippen LogP contribution is 2.29. The number of aliphatic hydroxyl groups is 2. The maximum atomic E-state index is 10.8. The van der Waals surface area contributed by atoms with E-state index in [1.54, 1.807) is 30.3 Å². The first-order valence-electron chi connectivity index (χ1n) is 11.2. The largest absolute Gasteiger partial charge is 0.811 e. The van der Waals surface area contributed by atoms with Crippen molar-refractivity contribution < 1.29 is 29.6 Å². The summed E-state index contributed by atoms with van der Waals surface area (Å²) in [7, 11) is 0. The van der Waals surface area contributed by atoms with Gasteiger partial charge in [0.2, 0.25) is 0 Å². The second-order valence-electron chi connectivity index (χ2n) is 8.78. The van der Waals surface area contributed by atoms with Gasteiger partial charge in [-0.15, -0.1) is 0 Å². The van der Waals surface area contributed by atoms with Crippen LogP contribution in [0.15, 0.2) is 54.7 Å². The second kappa shape index (κ2) is 11.5. The SMILES string of the molecule is CC(C)(Cc1c[nH]c2c(OCC(=O)O)cccc12)NC[C@H](O)COc1ccccc1/C(O)=C/C=[N-]. The molecule has 0 radical (unpaired) electrons. The maximum Gasteiger partial charge on any atom is 0.341 e. The Labute approximate surface area is 203 Å². The van der Waals surface area contributed by atoms with Crippen LogP contribution in [-0.4, -0.2) is 63.9 Å². The van der Waals surface area contributed by atoms with Crippen LogP contribution < -0.4 is 14.8 Å². The van der Waals surface area contributed by atoms with Crippen molar-refractivity contribution >= 4 is 28.8 Å². The van der Waals surface area contributed by atoms with Crippen LogP contribution in [-0.2, 0) is 11.2 Å². The number of nitrogens with zero attached hydrogens (tertiary/aromatic N) is 1. The number of aliphatic hydroxyl groups excluding tert-OH is 2. The molecule has 1 atom stereocenters. The van der Waals surface area contributed by atoms with Gasteiger partial charge in [0.25, 0.3) is 0 Å². The van der Waals surface area contributed by atoms with Crippen molar-refractivity contribution in [3.63, 3.8) is 0 Å². The second-order valence-corrected chi connectivity index (χ2v) is 8.78. The molecule has 5 N–H and O–H groups in total. The lowest BCUT2D eigenvalue weighted by atomic mass is 9.94. The third-order valence-corrected chi connectivity index (χ3v) is 5.39. The number of β-amino-alcohol motifs (C(OH)–C–C–N with tert-alkyl or cyclic N) is 1. The zero-order chi connectivity index (χ0) is 25.4. The van der Waals surface area contributed by atoms with E-state index in [4.69, 9.17) is 20.0 Å². The zero-order valence-corrected chi connectivity index (χ0v) is 19.7. The Morgan fingerprint density at radius 2 is 1.89 bits per heavy atom. The smallest absolute Gasteiger partial charge is 0.341 e. The predicted molar refractivity (Wildman–Crippen MR) is 135 cm³/mol.